The summed E-state index contributed by atoms with van der Waals surface area (Å²) in [5.41, 5.74) is 4.78. The van der Waals surface area contributed by atoms with Crippen LogP contribution in [0.15, 0.2) is 48.5 Å². The number of amides is 2. The van der Waals surface area contributed by atoms with Crippen molar-refractivity contribution in [3.63, 3.8) is 0 Å². The molecule has 6 nitrogen and oxygen atoms in total. The Morgan fingerprint density at radius 2 is 1.91 bits per heavy atom. The van der Waals surface area contributed by atoms with Crippen LogP contribution in [0.3, 0.4) is 0 Å². The van der Waals surface area contributed by atoms with E-state index in [9.17, 15) is 9.59 Å². The van der Waals surface area contributed by atoms with Crippen LogP contribution in [0.5, 0.6) is 0 Å². The largest absolute Gasteiger partial charge is 0.450 e. The van der Waals surface area contributed by atoms with E-state index in [-0.39, 0.29) is 12.0 Å². The van der Waals surface area contributed by atoms with Crippen molar-refractivity contribution in [1.29, 1.82) is 0 Å². The highest BCUT2D eigenvalue weighted by atomic mass is 32.1. The lowest BCUT2D eigenvalue weighted by atomic mass is 10.0. The first-order chi connectivity index (χ1) is 16.0. The fraction of sp³-hybridized carbons (Fsp3) is 0.240. The van der Waals surface area contributed by atoms with Crippen molar-refractivity contribution in [2.45, 2.75) is 26.8 Å². The van der Waals surface area contributed by atoms with Crippen LogP contribution in [0.1, 0.15) is 33.3 Å². The Bertz CT molecular complexity index is 1310. The zero-order chi connectivity index (χ0) is 22.9. The monoisotopic (exact) mass is 477 g/mol. The molecule has 1 aliphatic heterocycles. The number of thiazole rings is 1. The van der Waals surface area contributed by atoms with E-state index in [0.717, 1.165) is 41.8 Å². The lowest BCUT2D eigenvalue weighted by molar-refractivity contribution is 0.102. The minimum absolute atomic E-state index is 0.154. The van der Waals surface area contributed by atoms with Gasteiger partial charge in [-0.1, -0.05) is 29.8 Å². The zero-order valence-electron chi connectivity index (χ0n) is 18.4. The van der Waals surface area contributed by atoms with E-state index in [1.165, 1.54) is 11.3 Å². The highest BCUT2D eigenvalue weighted by Gasteiger charge is 2.30. The number of carbonyl (C=O) groups is 2. The number of hydrogen-bond donors (Lipinski definition) is 1. The molecule has 168 valence electrons. The standard InChI is InChI=1S/C25H23N3O3S2/c1-3-31-25(30)28-13-12-17-20(14-28)33-24(27-22(29)16-10-8-15(2)9-11-16)21(17)23-26-18-6-4-5-7-19(18)32-23/h4-11H,3,12-14H2,1-2H3,(H,27,29). The Kier molecular flexibility index (Phi) is 5.86. The molecule has 2 aromatic heterocycles. The average molecular weight is 478 g/mol. The van der Waals surface area contributed by atoms with Gasteiger partial charge in [0.2, 0.25) is 0 Å². The number of rotatable bonds is 4. The molecule has 4 aromatic rings. The molecule has 0 fully saturated rings. The normalized spacial score (nSPS) is 13.1. The number of hydrogen-bond acceptors (Lipinski definition) is 6. The number of carbonyl (C=O) groups excluding carboxylic acids is 2. The number of aromatic nitrogens is 1. The SMILES string of the molecule is CCOC(=O)N1CCc2c(sc(NC(=O)c3ccc(C)cc3)c2-c2nc3ccccc3s2)C1. The van der Waals surface area contributed by atoms with Crippen LogP contribution in [-0.2, 0) is 17.7 Å². The molecule has 0 spiro atoms. The van der Waals surface area contributed by atoms with Crippen molar-refractivity contribution in [3.8, 4) is 10.6 Å². The number of thiophene rings is 1. The van der Waals surface area contributed by atoms with Gasteiger partial charge in [-0.15, -0.1) is 22.7 Å². The second-order valence-electron chi connectivity index (χ2n) is 7.89. The van der Waals surface area contributed by atoms with E-state index in [2.05, 4.69) is 11.4 Å². The lowest BCUT2D eigenvalue weighted by Crippen LogP contribution is -2.35. The Labute approximate surface area is 199 Å². The van der Waals surface area contributed by atoms with Gasteiger partial charge >= 0.3 is 6.09 Å². The zero-order valence-corrected chi connectivity index (χ0v) is 20.0. The first-order valence-electron chi connectivity index (χ1n) is 10.8. The highest BCUT2D eigenvalue weighted by molar-refractivity contribution is 7.23. The molecule has 0 bridgehead atoms. The molecular weight excluding hydrogens is 454 g/mol. The molecule has 0 aliphatic carbocycles. The number of ether oxygens (including phenoxy) is 1. The summed E-state index contributed by atoms with van der Waals surface area (Å²) in [6.07, 6.45) is 0.388. The van der Waals surface area contributed by atoms with Crippen molar-refractivity contribution in [2.24, 2.45) is 0 Å². The molecular formula is C25H23N3O3S2. The van der Waals surface area contributed by atoms with Gasteiger partial charge in [0.05, 0.1) is 23.4 Å². The summed E-state index contributed by atoms with van der Waals surface area (Å²) in [6, 6.07) is 15.6. The molecule has 5 rings (SSSR count). The summed E-state index contributed by atoms with van der Waals surface area (Å²) < 4.78 is 6.31. The molecule has 2 amide bonds. The van der Waals surface area contributed by atoms with E-state index < -0.39 is 0 Å². The van der Waals surface area contributed by atoms with Crippen molar-refractivity contribution in [3.05, 3.63) is 70.1 Å². The number of aryl methyl sites for hydroxylation is 1. The van der Waals surface area contributed by atoms with E-state index in [0.29, 0.717) is 31.7 Å². The van der Waals surface area contributed by atoms with Crippen LogP contribution < -0.4 is 5.32 Å². The third-order valence-electron chi connectivity index (χ3n) is 5.63. The fourth-order valence-corrected chi connectivity index (χ4v) is 6.32. The quantitative estimate of drug-likeness (QED) is 0.385. The molecule has 0 unspecified atom stereocenters. The van der Waals surface area contributed by atoms with Gasteiger partial charge in [0.25, 0.3) is 5.91 Å². The van der Waals surface area contributed by atoms with Crippen LogP contribution in [0.4, 0.5) is 9.80 Å². The second kappa shape index (κ2) is 8.96. The minimum Gasteiger partial charge on any atom is -0.450 e. The minimum atomic E-state index is -0.302. The van der Waals surface area contributed by atoms with Crippen molar-refractivity contribution in [1.82, 2.24) is 9.88 Å². The van der Waals surface area contributed by atoms with Crippen molar-refractivity contribution >= 4 is 49.9 Å². The average Bonchev–Trinajstić information content (AvgIpc) is 3.39. The van der Waals surface area contributed by atoms with Crippen LogP contribution in [0.25, 0.3) is 20.8 Å². The van der Waals surface area contributed by atoms with Gasteiger partial charge in [0.15, 0.2) is 0 Å². The summed E-state index contributed by atoms with van der Waals surface area (Å²) in [4.78, 5) is 33.0. The van der Waals surface area contributed by atoms with Gasteiger partial charge in [-0.2, -0.15) is 0 Å². The summed E-state index contributed by atoms with van der Waals surface area (Å²) >= 11 is 3.14. The van der Waals surface area contributed by atoms with E-state index in [4.69, 9.17) is 9.72 Å². The number of para-hydroxylation sites is 1. The first kappa shape index (κ1) is 21.6. The molecule has 2 aromatic carbocycles. The van der Waals surface area contributed by atoms with Gasteiger partial charge in [0.1, 0.15) is 10.0 Å². The summed E-state index contributed by atoms with van der Waals surface area (Å²) in [5.74, 6) is -0.154. The third-order valence-corrected chi connectivity index (χ3v) is 7.82. The summed E-state index contributed by atoms with van der Waals surface area (Å²) in [6.45, 7) is 5.20. The summed E-state index contributed by atoms with van der Waals surface area (Å²) in [7, 11) is 0. The van der Waals surface area contributed by atoms with Crippen LogP contribution in [0, 0.1) is 6.92 Å². The van der Waals surface area contributed by atoms with Crippen LogP contribution in [-0.4, -0.2) is 35.0 Å². The molecule has 8 heteroatoms. The Hall–Kier alpha value is -3.23. The Morgan fingerprint density at radius 3 is 2.67 bits per heavy atom. The predicted octanol–water partition coefficient (Wildman–Crippen LogP) is 6.10. The molecule has 0 saturated heterocycles. The Balaban J connectivity index is 1.55. The van der Waals surface area contributed by atoms with E-state index in [1.807, 2.05) is 56.3 Å². The smallest absolute Gasteiger partial charge is 0.410 e. The first-order valence-corrected chi connectivity index (χ1v) is 12.5. The number of nitrogens with one attached hydrogen (secondary N) is 1. The number of nitrogens with zero attached hydrogens (tertiary/aromatic N) is 2. The Morgan fingerprint density at radius 1 is 1.12 bits per heavy atom. The van der Waals surface area contributed by atoms with Crippen LogP contribution in [0.2, 0.25) is 0 Å². The molecule has 1 aliphatic rings. The van der Waals surface area contributed by atoms with Gasteiger partial charge in [0, 0.05) is 22.5 Å². The van der Waals surface area contributed by atoms with Gasteiger partial charge in [-0.3, -0.25) is 4.79 Å². The van der Waals surface area contributed by atoms with Gasteiger partial charge in [-0.05, 0) is 50.1 Å². The maximum absolute atomic E-state index is 13.0. The fourth-order valence-electron chi connectivity index (χ4n) is 3.95. The molecule has 0 saturated carbocycles. The molecule has 0 radical (unpaired) electrons. The number of anilines is 1. The molecule has 0 atom stereocenters. The van der Waals surface area contributed by atoms with E-state index >= 15 is 0 Å². The van der Waals surface area contributed by atoms with Crippen LogP contribution >= 0.6 is 22.7 Å². The topological polar surface area (TPSA) is 71.5 Å². The maximum Gasteiger partial charge on any atom is 0.410 e. The highest BCUT2D eigenvalue weighted by Crippen LogP contribution is 2.45. The lowest BCUT2D eigenvalue weighted by Gasteiger charge is -2.26. The molecule has 1 N–H and O–H groups in total. The number of benzene rings is 2. The molecule has 3 heterocycles. The number of fused-ring (bicyclic) bond motifs is 2. The second-order valence-corrected chi connectivity index (χ2v) is 10.0. The van der Waals surface area contributed by atoms with Gasteiger partial charge < -0.3 is 15.0 Å². The summed E-state index contributed by atoms with van der Waals surface area (Å²) in [5, 5.41) is 4.79. The van der Waals surface area contributed by atoms with Crippen molar-refractivity contribution < 1.29 is 14.3 Å². The third kappa shape index (κ3) is 4.24. The molecule has 33 heavy (non-hydrogen) atoms. The predicted molar refractivity (Wildman–Crippen MR) is 133 cm³/mol. The van der Waals surface area contributed by atoms with Crippen molar-refractivity contribution in [2.75, 3.05) is 18.5 Å². The van der Waals surface area contributed by atoms with E-state index in [1.54, 1.807) is 16.2 Å². The maximum atomic E-state index is 13.0. The van der Waals surface area contributed by atoms with Gasteiger partial charge in [-0.25, -0.2) is 9.78 Å².